The highest BCUT2D eigenvalue weighted by Gasteiger charge is 2.13. The summed E-state index contributed by atoms with van der Waals surface area (Å²) in [5, 5.41) is 15.1. The van der Waals surface area contributed by atoms with Crippen molar-refractivity contribution in [2.75, 3.05) is 20.4 Å². The first-order valence-electron chi connectivity index (χ1n) is 8.95. The predicted molar refractivity (Wildman–Crippen MR) is 102 cm³/mol. The molecule has 0 aliphatic carbocycles. The van der Waals surface area contributed by atoms with Gasteiger partial charge in [0.25, 0.3) is 0 Å². The zero-order valence-electron chi connectivity index (χ0n) is 15.2. The Hall–Kier alpha value is -3.29. The fraction of sp³-hybridized carbons (Fsp3) is 0.316. The summed E-state index contributed by atoms with van der Waals surface area (Å²) < 4.78 is 12.8. The standard InChI is InChI=1S/C19H22N6O2/c1-20-19(22-12-14-7-8-15-16(11-14)27-13-26-15)21-9-4-6-18-24-23-17-5-2-3-10-25(17)18/h2-3,5,7-8,10-11H,4,6,9,12-13H2,1H3,(H2,20,21,22). The Labute approximate surface area is 157 Å². The summed E-state index contributed by atoms with van der Waals surface area (Å²) in [6, 6.07) is 11.8. The second kappa shape index (κ2) is 7.94. The van der Waals surface area contributed by atoms with Crippen molar-refractivity contribution in [2.45, 2.75) is 19.4 Å². The number of benzene rings is 1. The minimum absolute atomic E-state index is 0.288. The Kier molecular flexibility index (Phi) is 5.04. The zero-order chi connectivity index (χ0) is 18.5. The van der Waals surface area contributed by atoms with Gasteiger partial charge in [-0.2, -0.15) is 0 Å². The maximum atomic E-state index is 5.41. The van der Waals surface area contributed by atoms with E-state index in [1.54, 1.807) is 7.05 Å². The first kappa shape index (κ1) is 17.1. The van der Waals surface area contributed by atoms with Crippen LogP contribution in [0.25, 0.3) is 5.65 Å². The Bertz CT molecular complexity index is 952. The number of guanidine groups is 1. The summed E-state index contributed by atoms with van der Waals surface area (Å²) in [7, 11) is 1.76. The lowest BCUT2D eigenvalue weighted by Gasteiger charge is -2.12. The van der Waals surface area contributed by atoms with E-state index >= 15 is 0 Å². The zero-order valence-corrected chi connectivity index (χ0v) is 15.2. The van der Waals surface area contributed by atoms with Crippen LogP contribution in [-0.2, 0) is 13.0 Å². The molecule has 0 unspecified atom stereocenters. The third-order valence-electron chi connectivity index (χ3n) is 4.37. The number of aliphatic imine (C=N–C) groups is 1. The van der Waals surface area contributed by atoms with Gasteiger partial charge in [-0.05, 0) is 36.2 Å². The first-order valence-corrected chi connectivity index (χ1v) is 8.95. The molecule has 0 fully saturated rings. The molecular formula is C19H22N6O2. The lowest BCUT2D eigenvalue weighted by atomic mass is 10.2. The SMILES string of the molecule is CN=C(NCCCc1nnc2ccccn12)NCc1ccc2c(c1)OCO2. The maximum absolute atomic E-state index is 5.41. The smallest absolute Gasteiger partial charge is 0.231 e. The maximum Gasteiger partial charge on any atom is 0.231 e. The largest absolute Gasteiger partial charge is 0.454 e. The topological polar surface area (TPSA) is 85.1 Å². The molecule has 0 atom stereocenters. The lowest BCUT2D eigenvalue weighted by Crippen LogP contribution is -2.37. The number of aromatic nitrogens is 3. The molecule has 0 spiro atoms. The molecule has 0 saturated heterocycles. The quantitative estimate of drug-likeness (QED) is 0.393. The number of ether oxygens (including phenoxy) is 2. The molecule has 2 aromatic heterocycles. The Morgan fingerprint density at radius 3 is 3.00 bits per heavy atom. The van der Waals surface area contributed by atoms with Gasteiger partial charge in [0, 0.05) is 32.8 Å². The average molecular weight is 366 g/mol. The van der Waals surface area contributed by atoms with Crippen molar-refractivity contribution in [3.8, 4) is 11.5 Å². The van der Waals surface area contributed by atoms with Gasteiger partial charge in [0.1, 0.15) is 5.82 Å². The van der Waals surface area contributed by atoms with Gasteiger partial charge < -0.3 is 20.1 Å². The number of hydrogen-bond acceptors (Lipinski definition) is 5. The summed E-state index contributed by atoms with van der Waals surface area (Å²) in [5.74, 6) is 3.31. The molecule has 4 rings (SSSR count). The average Bonchev–Trinajstić information content (AvgIpc) is 3.34. The lowest BCUT2D eigenvalue weighted by molar-refractivity contribution is 0.174. The molecule has 8 heteroatoms. The van der Waals surface area contributed by atoms with Gasteiger partial charge in [-0.25, -0.2) is 0 Å². The van der Waals surface area contributed by atoms with E-state index < -0.39 is 0 Å². The van der Waals surface area contributed by atoms with Crippen LogP contribution in [0.2, 0.25) is 0 Å². The van der Waals surface area contributed by atoms with Crippen LogP contribution >= 0.6 is 0 Å². The minimum atomic E-state index is 0.288. The number of hydrogen-bond donors (Lipinski definition) is 2. The van der Waals surface area contributed by atoms with Gasteiger partial charge in [0.2, 0.25) is 6.79 Å². The van der Waals surface area contributed by atoms with E-state index in [1.807, 2.05) is 47.0 Å². The van der Waals surface area contributed by atoms with E-state index in [0.29, 0.717) is 6.54 Å². The van der Waals surface area contributed by atoms with Crippen molar-refractivity contribution in [1.29, 1.82) is 0 Å². The molecule has 0 saturated carbocycles. The molecular weight excluding hydrogens is 344 g/mol. The van der Waals surface area contributed by atoms with Crippen molar-refractivity contribution >= 4 is 11.6 Å². The molecule has 140 valence electrons. The summed E-state index contributed by atoms with van der Waals surface area (Å²) in [6.45, 7) is 1.74. The van der Waals surface area contributed by atoms with Gasteiger partial charge in [0.15, 0.2) is 23.1 Å². The summed E-state index contributed by atoms with van der Waals surface area (Å²) >= 11 is 0. The number of rotatable bonds is 6. The molecule has 2 N–H and O–H groups in total. The van der Waals surface area contributed by atoms with Crippen LogP contribution in [0.15, 0.2) is 47.6 Å². The summed E-state index contributed by atoms with van der Waals surface area (Å²) in [6.07, 6.45) is 3.77. The minimum Gasteiger partial charge on any atom is -0.454 e. The van der Waals surface area contributed by atoms with Crippen LogP contribution in [0.3, 0.4) is 0 Å². The Morgan fingerprint density at radius 1 is 1.15 bits per heavy atom. The fourth-order valence-electron chi connectivity index (χ4n) is 2.97. The van der Waals surface area contributed by atoms with Gasteiger partial charge in [-0.3, -0.25) is 9.39 Å². The van der Waals surface area contributed by atoms with E-state index in [4.69, 9.17) is 9.47 Å². The van der Waals surface area contributed by atoms with Crippen LogP contribution in [0.1, 0.15) is 17.8 Å². The number of nitrogens with zero attached hydrogens (tertiary/aromatic N) is 4. The summed E-state index contributed by atoms with van der Waals surface area (Å²) in [5.41, 5.74) is 1.98. The molecule has 1 aliphatic heterocycles. The molecule has 0 amide bonds. The molecule has 3 heterocycles. The van der Waals surface area contributed by atoms with Crippen LogP contribution in [0.4, 0.5) is 0 Å². The molecule has 3 aromatic rings. The molecule has 8 nitrogen and oxygen atoms in total. The molecule has 1 aromatic carbocycles. The Balaban J connectivity index is 1.23. The number of aryl methyl sites for hydroxylation is 1. The second-order valence-corrected chi connectivity index (χ2v) is 6.19. The van der Waals surface area contributed by atoms with Gasteiger partial charge >= 0.3 is 0 Å². The third kappa shape index (κ3) is 3.94. The molecule has 27 heavy (non-hydrogen) atoms. The molecule has 1 aliphatic rings. The van der Waals surface area contributed by atoms with E-state index in [9.17, 15) is 0 Å². The Morgan fingerprint density at radius 2 is 2.07 bits per heavy atom. The molecule has 0 radical (unpaired) electrons. The highest BCUT2D eigenvalue weighted by atomic mass is 16.7. The van der Waals surface area contributed by atoms with E-state index in [1.165, 1.54) is 0 Å². The van der Waals surface area contributed by atoms with Crippen molar-refractivity contribution < 1.29 is 9.47 Å². The number of nitrogens with one attached hydrogen (secondary N) is 2. The van der Waals surface area contributed by atoms with Crippen LogP contribution in [-0.4, -0.2) is 40.9 Å². The van der Waals surface area contributed by atoms with E-state index in [2.05, 4.69) is 25.8 Å². The van der Waals surface area contributed by atoms with Crippen LogP contribution in [0.5, 0.6) is 11.5 Å². The van der Waals surface area contributed by atoms with Crippen molar-refractivity contribution in [3.05, 3.63) is 54.0 Å². The van der Waals surface area contributed by atoms with E-state index in [-0.39, 0.29) is 6.79 Å². The normalized spacial score (nSPS) is 13.1. The number of fused-ring (bicyclic) bond motifs is 2. The first-order chi connectivity index (χ1) is 13.3. The van der Waals surface area contributed by atoms with Gasteiger partial charge in [-0.15, -0.1) is 10.2 Å². The highest BCUT2D eigenvalue weighted by molar-refractivity contribution is 5.79. The molecule has 0 bridgehead atoms. The van der Waals surface area contributed by atoms with Crippen molar-refractivity contribution in [1.82, 2.24) is 25.2 Å². The van der Waals surface area contributed by atoms with Crippen molar-refractivity contribution in [3.63, 3.8) is 0 Å². The summed E-state index contributed by atoms with van der Waals surface area (Å²) in [4.78, 5) is 4.27. The van der Waals surface area contributed by atoms with Crippen LogP contribution in [0, 0.1) is 0 Å². The number of pyridine rings is 1. The van der Waals surface area contributed by atoms with Crippen molar-refractivity contribution in [2.24, 2.45) is 4.99 Å². The second-order valence-electron chi connectivity index (χ2n) is 6.19. The monoisotopic (exact) mass is 366 g/mol. The van der Waals surface area contributed by atoms with Gasteiger partial charge in [-0.1, -0.05) is 12.1 Å². The third-order valence-corrected chi connectivity index (χ3v) is 4.37. The van der Waals surface area contributed by atoms with Gasteiger partial charge in [0.05, 0.1) is 0 Å². The van der Waals surface area contributed by atoms with Crippen LogP contribution < -0.4 is 20.1 Å². The fourth-order valence-corrected chi connectivity index (χ4v) is 2.97. The van der Waals surface area contributed by atoms with E-state index in [0.717, 1.165) is 53.9 Å². The predicted octanol–water partition coefficient (Wildman–Crippen LogP) is 1.76. The highest BCUT2D eigenvalue weighted by Crippen LogP contribution is 2.32.